The summed E-state index contributed by atoms with van der Waals surface area (Å²) in [6.45, 7) is 1.44. The summed E-state index contributed by atoms with van der Waals surface area (Å²) in [5.41, 5.74) is 0.967. The predicted molar refractivity (Wildman–Crippen MR) is 73.1 cm³/mol. The number of benzene rings is 1. The summed E-state index contributed by atoms with van der Waals surface area (Å²) in [7, 11) is 0. The third-order valence-electron chi connectivity index (χ3n) is 3.00. The lowest BCUT2D eigenvalue weighted by molar-refractivity contribution is -0.121. The van der Waals surface area contributed by atoms with Crippen molar-refractivity contribution in [1.29, 1.82) is 5.26 Å². The molecule has 0 spiro atoms. The van der Waals surface area contributed by atoms with Gasteiger partial charge in [0.1, 0.15) is 6.04 Å². The Morgan fingerprint density at radius 3 is 3.00 bits per heavy atom. The predicted octanol–water partition coefficient (Wildman–Crippen LogP) is 2.06. The fourth-order valence-electron chi connectivity index (χ4n) is 2.14. The highest BCUT2D eigenvalue weighted by Crippen LogP contribution is 2.28. The summed E-state index contributed by atoms with van der Waals surface area (Å²) < 4.78 is 0.947. The van der Waals surface area contributed by atoms with Gasteiger partial charge in [0.25, 0.3) is 0 Å². The molecule has 0 aliphatic carbocycles. The molecule has 1 amide bonds. The molecule has 5 heteroatoms. The molecule has 94 valence electrons. The van der Waals surface area contributed by atoms with E-state index in [2.05, 4.69) is 27.3 Å². The van der Waals surface area contributed by atoms with Gasteiger partial charge in [-0.15, -0.1) is 0 Å². The van der Waals surface area contributed by atoms with Crippen LogP contribution in [0.25, 0.3) is 0 Å². The lowest BCUT2D eigenvalue weighted by Crippen LogP contribution is -2.44. The van der Waals surface area contributed by atoms with Crippen molar-refractivity contribution >= 4 is 27.5 Å². The lowest BCUT2D eigenvalue weighted by atomic mass is 10.1. The third-order valence-corrected chi connectivity index (χ3v) is 3.67. The van der Waals surface area contributed by atoms with E-state index < -0.39 is 6.04 Å². The molecule has 0 aromatic heterocycles. The molecule has 18 heavy (non-hydrogen) atoms. The van der Waals surface area contributed by atoms with Crippen LogP contribution in [-0.2, 0) is 4.79 Å². The van der Waals surface area contributed by atoms with Gasteiger partial charge in [-0.1, -0.05) is 12.1 Å². The van der Waals surface area contributed by atoms with Crippen LogP contribution in [0.4, 0.5) is 5.69 Å². The van der Waals surface area contributed by atoms with Crippen molar-refractivity contribution in [1.82, 2.24) is 5.32 Å². The molecule has 1 saturated heterocycles. The summed E-state index contributed by atoms with van der Waals surface area (Å²) in [4.78, 5) is 14.0. The second-order valence-corrected chi connectivity index (χ2v) is 5.02. The number of nitrogens with one attached hydrogen (secondary N) is 1. The molecule has 0 radical (unpaired) electrons. The number of rotatable bonds is 2. The number of anilines is 1. The van der Waals surface area contributed by atoms with Gasteiger partial charge in [0.2, 0.25) is 5.91 Å². The van der Waals surface area contributed by atoms with E-state index >= 15 is 0 Å². The van der Waals surface area contributed by atoms with E-state index in [1.807, 2.05) is 29.2 Å². The van der Waals surface area contributed by atoms with Crippen molar-refractivity contribution in [3.05, 3.63) is 28.7 Å². The Hall–Kier alpha value is -1.54. The van der Waals surface area contributed by atoms with Crippen molar-refractivity contribution in [2.45, 2.75) is 18.9 Å². The van der Waals surface area contributed by atoms with Crippen molar-refractivity contribution in [3.63, 3.8) is 0 Å². The van der Waals surface area contributed by atoms with Crippen LogP contribution in [0.2, 0.25) is 0 Å². The standard InChI is InChI=1S/C13H14BrN3O/c14-10-4-1-2-5-11(10)17-9-3-8-16-13(18)12(17)6-7-15/h1-2,4-5,12H,3,6,8-9H2,(H,16,18). The number of hydrogen-bond donors (Lipinski definition) is 1. The maximum absolute atomic E-state index is 12.0. The topological polar surface area (TPSA) is 56.1 Å². The molecule has 2 rings (SSSR count). The highest BCUT2D eigenvalue weighted by molar-refractivity contribution is 9.10. The van der Waals surface area contributed by atoms with E-state index in [9.17, 15) is 4.79 Å². The molecule has 0 bridgehead atoms. The third kappa shape index (κ3) is 2.65. The van der Waals surface area contributed by atoms with Gasteiger partial charge in [-0.2, -0.15) is 5.26 Å². The van der Waals surface area contributed by atoms with Gasteiger partial charge >= 0.3 is 0 Å². The normalized spacial score (nSPS) is 19.9. The smallest absolute Gasteiger partial charge is 0.243 e. The highest BCUT2D eigenvalue weighted by Gasteiger charge is 2.28. The number of carbonyl (C=O) groups excluding carboxylic acids is 1. The van der Waals surface area contributed by atoms with Crippen LogP contribution < -0.4 is 10.2 Å². The van der Waals surface area contributed by atoms with E-state index in [0.717, 1.165) is 23.1 Å². The molecule has 1 aliphatic rings. The van der Waals surface area contributed by atoms with Crippen molar-refractivity contribution < 1.29 is 4.79 Å². The summed E-state index contributed by atoms with van der Waals surface area (Å²) in [5.74, 6) is -0.0650. The molecule has 1 aromatic carbocycles. The number of nitriles is 1. The molecule has 1 aromatic rings. The Morgan fingerprint density at radius 1 is 1.50 bits per heavy atom. The van der Waals surface area contributed by atoms with Crippen LogP contribution >= 0.6 is 15.9 Å². The summed E-state index contributed by atoms with van der Waals surface area (Å²) in [6.07, 6.45) is 1.09. The minimum Gasteiger partial charge on any atom is -0.358 e. The van der Waals surface area contributed by atoms with Gasteiger partial charge < -0.3 is 10.2 Å². The Balaban J connectivity index is 2.35. The van der Waals surface area contributed by atoms with Gasteiger partial charge in [0.15, 0.2) is 0 Å². The number of nitrogens with zero attached hydrogens (tertiary/aromatic N) is 2. The minimum atomic E-state index is -0.406. The van der Waals surface area contributed by atoms with Crippen LogP contribution in [-0.4, -0.2) is 25.0 Å². The fraction of sp³-hybridized carbons (Fsp3) is 0.385. The fourth-order valence-corrected chi connectivity index (χ4v) is 2.65. The number of para-hydroxylation sites is 1. The van der Waals surface area contributed by atoms with E-state index in [1.165, 1.54) is 0 Å². The highest BCUT2D eigenvalue weighted by atomic mass is 79.9. The van der Waals surface area contributed by atoms with Gasteiger partial charge in [-0.3, -0.25) is 4.79 Å². The van der Waals surface area contributed by atoms with Crippen molar-refractivity contribution in [2.24, 2.45) is 0 Å². The molecule has 1 unspecified atom stereocenters. The SMILES string of the molecule is N#CCC1C(=O)NCCCN1c1ccccc1Br. The van der Waals surface area contributed by atoms with E-state index in [0.29, 0.717) is 6.54 Å². The number of halogens is 1. The van der Waals surface area contributed by atoms with Crippen LogP contribution in [0.3, 0.4) is 0 Å². The van der Waals surface area contributed by atoms with E-state index in [1.54, 1.807) is 0 Å². The molecular formula is C13H14BrN3O. The zero-order valence-corrected chi connectivity index (χ0v) is 11.5. The molecule has 1 heterocycles. The maximum Gasteiger partial charge on any atom is 0.243 e. The first-order valence-corrected chi connectivity index (χ1v) is 6.69. The molecule has 4 nitrogen and oxygen atoms in total. The second kappa shape index (κ2) is 5.87. The maximum atomic E-state index is 12.0. The first-order chi connectivity index (χ1) is 8.74. The second-order valence-electron chi connectivity index (χ2n) is 4.17. The molecule has 1 fully saturated rings. The zero-order valence-electron chi connectivity index (χ0n) is 9.90. The summed E-state index contributed by atoms with van der Waals surface area (Å²) >= 11 is 3.50. The average Bonchev–Trinajstić information content (AvgIpc) is 2.54. The van der Waals surface area contributed by atoms with E-state index in [4.69, 9.17) is 5.26 Å². The number of amides is 1. The molecule has 1 atom stereocenters. The van der Waals surface area contributed by atoms with Crippen molar-refractivity contribution in [2.75, 3.05) is 18.0 Å². The summed E-state index contributed by atoms with van der Waals surface area (Å²) in [5, 5.41) is 11.7. The molecule has 1 N–H and O–H groups in total. The lowest BCUT2D eigenvalue weighted by Gasteiger charge is -2.29. The molecule has 1 aliphatic heterocycles. The van der Waals surface area contributed by atoms with Crippen LogP contribution in [0.15, 0.2) is 28.7 Å². The van der Waals surface area contributed by atoms with Crippen LogP contribution in [0, 0.1) is 11.3 Å². The zero-order chi connectivity index (χ0) is 13.0. The minimum absolute atomic E-state index is 0.0650. The Morgan fingerprint density at radius 2 is 2.28 bits per heavy atom. The Bertz CT molecular complexity index is 483. The summed E-state index contributed by atoms with van der Waals surface area (Å²) in [6, 6.07) is 9.47. The Labute approximate surface area is 115 Å². The average molecular weight is 308 g/mol. The van der Waals surface area contributed by atoms with Crippen LogP contribution in [0.5, 0.6) is 0 Å². The van der Waals surface area contributed by atoms with E-state index in [-0.39, 0.29) is 12.3 Å². The monoisotopic (exact) mass is 307 g/mol. The van der Waals surface area contributed by atoms with Gasteiger partial charge in [0.05, 0.1) is 18.2 Å². The first-order valence-electron chi connectivity index (χ1n) is 5.90. The first kappa shape index (κ1) is 12.9. The molecular weight excluding hydrogens is 294 g/mol. The Kier molecular flexibility index (Phi) is 4.21. The number of carbonyl (C=O) groups is 1. The molecule has 0 saturated carbocycles. The van der Waals surface area contributed by atoms with Gasteiger partial charge in [-0.25, -0.2) is 0 Å². The number of hydrogen-bond acceptors (Lipinski definition) is 3. The van der Waals surface area contributed by atoms with Crippen LogP contribution in [0.1, 0.15) is 12.8 Å². The quantitative estimate of drug-likeness (QED) is 0.910. The largest absolute Gasteiger partial charge is 0.358 e. The van der Waals surface area contributed by atoms with Crippen molar-refractivity contribution in [3.8, 4) is 6.07 Å². The van der Waals surface area contributed by atoms with Gasteiger partial charge in [0, 0.05) is 17.6 Å². The van der Waals surface area contributed by atoms with Gasteiger partial charge in [-0.05, 0) is 34.5 Å².